The van der Waals surface area contributed by atoms with Crippen molar-refractivity contribution in [3.8, 4) is 6.07 Å². The van der Waals surface area contributed by atoms with Crippen molar-refractivity contribution in [3.05, 3.63) is 77.7 Å². The van der Waals surface area contributed by atoms with Crippen LogP contribution in [0.25, 0.3) is 0 Å². The summed E-state index contributed by atoms with van der Waals surface area (Å²) in [5.41, 5.74) is 4.04. The van der Waals surface area contributed by atoms with Crippen molar-refractivity contribution in [2.45, 2.75) is 6.42 Å². The second kappa shape index (κ2) is 4.63. The van der Waals surface area contributed by atoms with Gasteiger partial charge in [0.05, 0.1) is 11.6 Å². The van der Waals surface area contributed by atoms with Gasteiger partial charge in [-0.15, -0.1) is 0 Å². The normalized spacial score (nSPS) is 9.75. The number of hydrogen-bond acceptors (Lipinski definition) is 1. The van der Waals surface area contributed by atoms with Gasteiger partial charge in [0, 0.05) is 0 Å². The molecule has 0 aliphatic rings. The molecule has 2 aromatic rings. The molecule has 0 N–H and O–H groups in total. The van der Waals surface area contributed by atoms with Crippen molar-refractivity contribution in [1.29, 1.82) is 5.26 Å². The van der Waals surface area contributed by atoms with Gasteiger partial charge in [0.1, 0.15) is 0 Å². The third-order valence-corrected chi connectivity index (χ3v) is 2.57. The summed E-state index contributed by atoms with van der Waals surface area (Å²) >= 11 is 0. The molecule has 0 saturated heterocycles. The molecule has 2 aromatic carbocycles. The first-order valence-corrected chi connectivity index (χ1v) is 5.18. The van der Waals surface area contributed by atoms with Crippen LogP contribution in [0.2, 0.25) is 0 Å². The highest BCUT2D eigenvalue weighted by molar-refractivity contribution is 5.41. The number of nitriles is 1. The Balaban J connectivity index is 2.31. The van der Waals surface area contributed by atoms with E-state index in [-0.39, 0.29) is 0 Å². The molecular weight excluding hydrogens is 194 g/mol. The van der Waals surface area contributed by atoms with Crippen LogP contribution in [0.15, 0.2) is 48.5 Å². The predicted molar refractivity (Wildman–Crippen MR) is 64.9 cm³/mol. The molecule has 0 aliphatic carbocycles. The van der Waals surface area contributed by atoms with E-state index in [1.54, 1.807) is 6.07 Å². The van der Waals surface area contributed by atoms with Gasteiger partial charge in [0.25, 0.3) is 0 Å². The van der Waals surface area contributed by atoms with Crippen LogP contribution in [0.5, 0.6) is 0 Å². The molecule has 0 aromatic heterocycles. The van der Waals surface area contributed by atoms with Crippen molar-refractivity contribution in [2.75, 3.05) is 0 Å². The molecule has 0 unspecified atom stereocenters. The van der Waals surface area contributed by atoms with Crippen LogP contribution in [-0.2, 0) is 6.42 Å². The molecule has 1 heteroatoms. The molecule has 1 nitrogen and oxygen atoms in total. The van der Waals surface area contributed by atoms with Gasteiger partial charge in [-0.2, -0.15) is 5.26 Å². The summed E-state index contributed by atoms with van der Waals surface area (Å²) in [5, 5.41) is 8.85. The Labute approximate surface area is 96.0 Å². The first kappa shape index (κ1) is 10.4. The standard InChI is InChI=1S/C15H12N/c1-12-7-8-14(11-16)10-15(12)9-13-5-3-2-4-6-13/h2-8,10H,1,9H2. The molecular formula is C15H12N. The number of benzene rings is 2. The van der Waals surface area contributed by atoms with Crippen molar-refractivity contribution in [1.82, 2.24) is 0 Å². The molecule has 0 atom stereocenters. The molecule has 0 fully saturated rings. The zero-order valence-corrected chi connectivity index (χ0v) is 8.98. The quantitative estimate of drug-likeness (QED) is 0.739. The minimum Gasteiger partial charge on any atom is -0.192 e. The van der Waals surface area contributed by atoms with Gasteiger partial charge in [0.2, 0.25) is 0 Å². The second-order valence-corrected chi connectivity index (χ2v) is 3.76. The largest absolute Gasteiger partial charge is 0.192 e. The highest BCUT2D eigenvalue weighted by Crippen LogP contribution is 2.15. The maximum absolute atomic E-state index is 8.85. The minimum absolute atomic E-state index is 0.693. The van der Waals surface area contributed by atoms with Crippen LogP contribution in [0.1, 0.15) is 22.3 Å². The summed E-state index contributed by atoms with van der Waals surface area (Å²) in [6, 6.07) is 18.0. The van der Waals surface area contributed by atoms with Crippen LogP contribution in [0.4, 0.5) is 0 Å². The maximum Gasteiger partial charge on any atom is 0.0991 e. The third-order valence-electron chi connectivity index (χ3n) is 2.57. The summed E-state index contributed by atoms with van der Waals surface area (Å²) < 4.78 is 0. The van der Waals surface area contributed by atoms with E-state index in [2.05, 4.69) is 25.1 Å². The van der Waals surface area contributed by atoms with Gasteiger partial charge in [0.15, 0.2) is 0 Å². The molecule has 1 radical (unpaired) electrons. The lowest BCUT2D eigenvalue weighted by molar-refractivity contribution is 1.17. The summed E-state index contributed by atoms with van der Waals surface area (Å²) in [6.45, 7) is 3.98. The average Bonchev–Trinajstić information content (AvgIpc) is 2.33. The Bertz CT molecular complexity index is 521. The fourth-order valence-electron chi connectivity index (χ4n) is 1.68. The van der Waals surface area contributed by atoms with Crippen molar-refractivity contribution in [2.24, 2.45) is 0 Å². The molecule has 0 amide bonds. The minimum atomic E-state index is 0.693. The molecule has 2 rings (SSSR count). The van der Waals surface area contributed by atoms with Crippen LogP contribution >= 0.6 is 0 Å². The van der Waals surface area contributed by atoms with Crippen molar-refractivity contribution < 1.29 is 0 Å². The highest BCUT2D eigenvalue weighted by atomic mass is 14.2. The molecule has 77 valence electrons. The maximum atomic E-state index is 8.85. The Hall–Kier alpha value is -2.07. The van der Waals surface area contributed by atoms with Gasteiger partial charge in [-0.05, 0) is 42.2 Å². The Morgan fingerprint density at radius 1 is 1.06 bits per heavy atom. The van der Waals surface area contributed by atoms with E-state index < -0.39 is 0 Å². The first-order valence-electron chi connectivity index (χ1n) is 5.18. The third kappa shape index (κ3) is 2.29. The molecule has 16 heavy (non-hydrogen) atoms. The lowest BCUT2D eigenvalue weighted by Gasteiger charge is -2.06. The molecule has 0 heterocycles. The monoisotopic (exact) mass is 206 g/mol. The van der Waals surface area contributed by atoms with Gasteiger partial charge in [-0.25, -0.2) is 0 Å². The Morgan fingerprint density at radius 3 is 2.50 bits per heavy atom. The lowest BCUT2D eigenvalue weighted by Crippen LogP contribution is -1.92. The van der Waals surface area contributed by atoms with E-state index in [1.807, 2.05) is 30.3 Å². The Kier molecular flexibility index (Phi) is 3.03. The first-order chi connectivity index (χ1) is 7.79. The molecule has 0 bridgehead atoms. The summed E-state index contributed by atoms with van der Waals surface area (Å²) in [5.74, 6) is 0. The van der Waals surface area contributed by atoms with Gasteiger partial charge < -0.3 is 0 Å². The van der Waals surface area contributed by atoms with E-state index >= 15 is 0 Å². The fraction of sp³-hybridized carbons (Fsp3) is 0.0667. The van der Waals surface area contributed by atoms with E-state index in [0.717, 1.165) is 17.5 Å². The van der Waals surface area contributed by atoms with E-state index in [0.29, 0.717) is 5.56 Å². The zero-order chi connectivity index (χ0) is 11.4. The summed E-state index contributed by atoms with van der Waals surface area (Å²) in [7, 11) is 0. The van der Waals surface area contributed by atoms with E-state index in [1.165, 1.54) is 5.56 Å². The molecule has 0 saturated carbocycles. The molecule has 0 aliphatic heterocycles. The zero-order valence-electron chi connectivity index (χ0n) is 8.98. The molecule has 0 spiro atoms. The smallest absolute Gasteiger partial charge is 0.0991 e. The topological polar surface area (TPSA) is 23.8 Å². The van der Waals surface area contributed by atoms with Crippen molar-refractivity contribution >= 4 is 0 Å². The van der Waals surface area contributed by atoms with Crippen LogP contribution in [0, 0.1) is 18.3 Å². The highest BCUT2D eigenvalue weighted by Gasteiger charge is 2.01. The van der Waals surface area contributed by atoms with Gasteiger partial charge >= 0.3 is 0 Å². The van der Waals surface area contributed by atoms with E-state index in [9.17, 15) is 0 Å². The SMILES string of the molecule is [CH2]c1ccc(C#N)cc1Cc1ccccc1. The fourth-order valence-corrected chi connectivity index (χ4v) is 1.68. The Morgan fingerprint density at radius 2 is 1.81 bits per heavy atom. The number of rotatable bonds is 2. The second-order valence-electron chi connectivity index (χ2n) is 3.76. The summed E-state index contributed by atoms with van der Waals surface area (Å²) in [4.78, 5) is 0. The summed E-state index contributed by atoms with van der Waals surface area (Å²) in [6.07, 6.45) is 0.829. The van der Waals surface area contributed by atoms with Crippen molar-refractivity contribution in [3.63, 3.8) is 0 Å². The van der Waals surface area contributed by atoms with Gasteiger partial charge in [-0.1, -0.05) is 36.4 Å². The lowest BCUT2D eigenvalue weighted by atomic mass is 9.99. The number of hydrogen-bond donors (Lipinski definition) is 0. The number of nitrogens with zero attached hydrogens (tertiary/aromatic N) is 1. The van der Waals surface area contributed by atoms with Crippen LogP contribution < -0.4 is 0 Å². The van der Waals surface area contributed by atoms with Gasteiger partial charge in [-0.3, -0.25) is 0 Å². The van der Waals surface area contributed by atoms with Crippen LogP contribution in [-0.4, -0.2) is 0 Å². The van der Waals surface area contributed by atoms with E-state index in [4.69, 9.17) is 5.26 Å². The van der Waals surface area contributed by atoms with Crippen LogP contribution in [0.3, 0.4) is 0 Å². The average molecular weight is 206 g/mol. The predicted octanol–water partition coefficient (Wildman–Crippen LogP) is 3.33.